The lowest BCUT2D eigenvalue weighted by Crippen LogP contribution is -2.34. The number of carbonyl (C=O) groups excluding carboxylic acids is 1. The number of alkyl carbamates (subject to hydrolysis) is 1. The van der Waals surface area contributed by atoms with Crippen LogP contribution in [0.3, 0.4) is 0 Å². The predicted molar refractivity (Wildman–Crippen MR) is 89.5 cm³/mol. The first-order valence-electron chi connectivity index (χ1n) is 6.68. The molecule has 23 heavy (non-hydrogen) atoms. The Morgan fingerprint density at radius 1 is 1.70 bits per heavy atom. The van der Waals surface area contributed by atoms with Crippen LogP contribution in [0.25, 0.3) is 4.85 Å². The molecule has 1 aromatic rings. The van der Waals surface area contributed by atoms with Crippen LogP contribution in [0.2, 0.25) is 0 Å². The van der Waals surface area contributed by atoms with Crippen LogP contribution in [0.5, 0.6) is 0 Å². The first-order chi connectivity index (χ1) is 11.0. The second kappa shape index (κ2) is 7.68. The van der Waals surface area contributed by atoms with Gasteiger partial charge in [-0.3, -0.25) is 5.32 Å². The van der Waals surface area contributed by atoms with Gasteiger partial charge in [0.05, 0.1) is 23.4 Å². The third-order valence-corrected chi connectivity index (χ3v) is 4.15. The monoisotopic (exact) mass is 401 g/mol. The molecule has 0 saturated heterocycles. The summed E-state index contributed by atoms with van der Waals surface area (Å²) in [5, 5.41) is 4.80. The van der Waals surface area contributed by atoms with E-state index >= 15 is 0 Å². The van der Waals surface area contributed by atoms with Crippen LogP contribution in [0.15, 0.2) is 10.5 Å². The van der Waals surface area contributed by atoms with Gasteiger partial charge < -0.3 is 19.6 Å². The lowest BCUT2D eigenvalue weighted by molar-refractivity contribution is 0.0773. The van der Waals surface area contributed by atoms with Crippen LogP contribution in [0, 0.1) is 12.4 Å². The van der Waals surface area contributed by atoms with E-state index in [9.17, 15) is 9.18 Å². The molecule has 1 amide bonds. The smallest absolute Gasteiger partial charge is 0.413 e. The van der Waals surface area contributed by atoms with E-state index in [1.807, 2.05) is 0 Å². The van der Waals surface area contributed by atoms with E-state index in [0.717, 1.165) is 5.56 Å². The molecular formula is C14H13BrFN3O3S. The maximum Gasteiger partial charge on any atom is 0.413 e. The van der Waals surface area contributed by atoms with E-state index in [-0.39, 0.29) is 35.0 Å². The van der Waals surface area contributed by atoms with Crippen molar-refractivity contribution in [2.24, 2.45) is 0 Å². The molecule has 0 spiro atoms. The zero-order valence-electron chi connectivity index (χ0n) is 12.1. The van der Waals surface area contributed by atoms with Crippen molar-refractivity contribution < 1.29 is 18.7 Å². The molecule has 0 radical (unpaired) electrons. The number of amides is 1. The zero-order chi connectivity index (χ0) is 17.0. The fraction of sp³-hybridized carbons (Fsp3) is 0.357. The quantitative estimate of drug-likeness (QED) is 0.599. The number of fused-ring (bicyclic) bond motifs is 1. The molecule has 0 aliphatic carbocycles. The van der Waals surface area contributed by atoms with Crippen molar-refractivity contribution in [3.05, 3.63) is 38.9 Å². The van der Waals surface area contributed by atoms with Crippen molar-refractivity contribution >= 4 is 45.0 Å². The molecule has 2 N–H and O–H groups in total. The second-order valence-electron chi connectivity index (χ2n) is 4.56. The third kappa shape index (κ3) is 3.96. The number of hydrogen-bond acceptors (Lipinski definition) is 4. The Kier molecular flexibility index (Phi) is 5.87. The molecule has 2 rings (SSSR count). The van der Waals surface area contributed by atoms with E-state index in [4.69, 9.17) is 28.3 Å². The second-order valence-corrected chi connectivity index (χ2v) is 5.76. The molecule has 1 aliphatic rings. The Morgan fingerprint density at radius 2 is 2.43 bits per heavy atom. The van der Waals surface area contributed by atoms with Crippen LogP contribution >= 0.6 is 28.1 Å². The SMILES string of the molecule is [C-]#[N+]CC1OCc2c1cc(NC(=S)NC(=O)OCC)c(F)c2Br. The summed E-state index contributed by atoms with van der Waals surface area (Å²) in [7, 11) is 0. The summed E-state index contributed by atoms with van der Waals surface area (Å²) in [4.78, 5) is 14.6. The van der Waals surface area contributed by atoms with Gasteiger partial charge in [-0.1, -0.05) is 0 Å². The molecule has 122 valence electrons. The largest absolute Gasteiger partial charge is 0.450 e. The van der Waals surface area contributed by atoms with Gasteiger partial charge in [-0.2, -0.15) is 0 Å². The average Bonchev–Trinajstić information content (AvgIpc) is 2.88. The molecule has 1 aliphatic heterocycles. The number of anilines is 1. The third-order valence-electron chi connectivity index (χ3n) is 3.11. The normalized spacial score (nSPS) is 15.5. The number of halogens is 2. The summed E-state index contributed by atoms with van der Waals surface area (Å²) in [5.41, 5.74) is 1.47. The molecule has 1 atom stereocenters. The maximum absolute atomic E-state index is 14.4. The van der Waals surface area contributed by atoms with E-state index in [1.54, 1.807) is 6.92 Å². The summed E-state index contributed by atoms with van der Waals surface area (Å²) >= 11 is 8.15. The minimum atomic E-state index is -0.722. The molecular weight excluding hydrogens is 389 g/mol. The molecule has 0 saturated carbocycles. The highest BCUT2D eigenvalue weighted by molar-refractivity contribution is 9.10. The van der Waals surface area contributed by atoms with Gasteiger partial charge in [0.15, 0.2) is 17.0 Å². The molecule has 0 fully saturated rings. The molecule has 1 aromatic carbocycles. The number of hydrogen-bond donors (Lipinski definition) is 2. The summed E-state index contributed by atoms with van der Waals surface area (Å²) in [6.07, 6.45) is -1.13. The number of nitrogens with one attached hydrogen (secondary N) is 2. The Hall–Kier alpha value is -1.76. The predicted octanol–water partition coefficient (Wildman–Crippen LogP) is 3.52. The zero-order valence-corrected chi connectivity index (χ0v) is 14.5. The number of rotatable bonds is 3. The van der Waals surface area contributed by atoms with Gasteiger partial charge in [-0.25, -0.2) is 15.8 Å². The summed E-state index contributed by atoms with van der Waals surface area (Å²) < 4.78 is 24.8. The van der Waals surface area contributed by atoms with Gasteiger partial charge in [0, 0.05) is 5.56 Å². The van der Waals surface area contributed by atoms with Crippen molar-refractivity contribution in [2.45, 2.75) is 19.6 Å². The van der Waals surface area contributed by atoms with Crippen LogP contribution in [-0.4, -0.2) is 24.4 Å². The summed E-state index contributed by atoms with van der Waals surface area (Å²) in [6.45, 7) is 9.19. The van der Waals surface area contributed by atoms with E-state index < -0.39 is 18.0 Å². The molecule has 0 aromatic heterocycles. The molecule has 0 bridgehead atoms. The van der Waals surface area contributed by atoms with Gasteiger partial charge in [0.25, 0.3) is 0 Å². The number of thiocarbonyl (C=S) groups is 1. The van der Waals surface area contributed by atoms with E-state index in [0.29, 0.717) is 5.56 Å². The maximum atomic E-state index is 14.4. The highest BCUT2D eigenvalue weighted by atomic mass is 79.9. The molecule has 1 unspecified atom stereocenters. The summed E-state index contributed by atoms with van der Waals surface area (Å²) in [6, 6.07) is 1.54. The first kappa shape index (κ1) is 17.6. The van der Waals surface area contributed by atoms with Crippen molar-refractivity contribution in [1.29, 1.82) is 0 Å². The van der Waals surface area contributed by atoms with Crippen molar-refractivity contribution in [3.63, 3.8) is 0 Å². The van der Waals surface area contributed by atoms with E-state index in [1.165, 1.54) is 6.07 Å². The van der Waals surface area contributed by atoms with Gasteiger partial charge in [0.2, 0.25) is 6.54 Å². The van der Waals surface area contributed by atoms with Crippen molar-refractivity contribution in [3.8, 4) is 0 Å². The number of nitrogens with zero attached hydrogens (tertiary/aromatic N) is 1. The van der Waals surface area contributed by atoms with Crippen LogP contribution in [0.1, 0.15) is 24.2 Å². The Balaban J connectivity index is 2.22. The van der Waals surface area contributed by atoms with Crippen LogP contribution in [0.4, 0.5) is 14.9 Å². The molecule has 9 heteroatoms. The van der Waals surface area contributed by atoms with Gasteiger partial charge >= 0.3 is 6.09 Å². The molecule has 1 heterocycles. The molecule has 6 nitrogen and oxygen atoms in total. The van der Waals surface area contributed by atoms with Gasteiger partial charge in [-0.05, 0) is 46.7 Å². The lowest BCUT2D eigenvalue weighted by atomic mass is 10.0. The van der Waals surface area contributed by atoms with Crippen LogP contribution in [-0.2, 0) is 16.1 Å². The minimum absolute atomic E-state index is 0.0814. The first-order valence-corrected chi connectivity index (χ1v) is 7.88. The fourth-order valence-corrected chi connectivity index (χ4v) is 2.88. The topological polar surface area (TPSA) is 64.0 Å². The van der Waals surface area contributed by atoms with E-state index in [2.05, 4.69) is 31.4 Å². The van der Waals surface area contributed by atoms with Gasteiger partial charge in [0.1, 0.15) is 0 Å². The minimum Gasteiger partial charge on any atom is -0.450 e. The summed E-state index contributed by atoms with van der Waals surface area (Å²) in [5.74, 6) is -0.552. The lowest BCUT2D eigenvalue weighted by Gasteiger charge is -2.13. The Morgan fingerprint density at radius 3 is 3.09 bits per heavy atom. The highest BCUT2D eigenvalue weighted by Gasteiger charge is 2.30. The number of ether oxygens (including phenoxy) is 2. The standard InChI is InChI=1S/C14H13BrFN3O3S/c1-3-21-14(20)19-13(23)18-9-4-7-8(11(15)12(9)16)6-22-10(7)5-17-2/h4,10H,3,5-6H2,1H3,(H2,18,19,20,23). The number of benzene rings is 1. The Labute approximate surface area is 146 Å². The average molecular weight is 402 g/mol. The fourth-order valence-electron chi connectivity index (χ4n) is 2.13. The van der Waals surface area contributed by atoms with Crippen LogP contribution < -0.4 is 10.6 Å². The van der Waals surface area contributed by atoms with Crippen molar-refractivity contribution in [2.75, 3.05) is 18.5 Å². The van der Waals surface area contributed by atoms with Crippen molar-refractivity contribution in [1.82, 2.24) is 5.32 Å². The highest BCUT2D eigenvalue weighted by Crippen LogP contribution is 2.40. The number of carbonyl (C=O) groups is 1. The van der Waals surface area contributed by atoms with Gasteiger partial charge in [-0.15, -0.1) is 0 Å². The Bertz CT molecular complexity index is 693.